The highest BCUT2D eigenvalue weighted by molar-refractivity contribution is 7.14. The van der Waals surface area contributed by atoms with E-state index in [1.54, 1.807) is 0 Å². The predicted molar refractivity (Wildman–Crippen MR) is 99.2 cm³/mol. The number of rotatable bonds is 7. The molecular weight excluding hydrogens is 354 g/mol. The smallest absolute Gasteiger partial charge is 0.348 e. The van der Waals surface area contributed by atoms with Crippen LogP contribution in [-0.2, 0) is 31.9 Å². The van der Waals surface area contributed by atoms with Gasteiger partial charge in [-0.15, -0.1) is 11.3 Å². The second-order valence-electron chi connectivity index (χ2n) is 7.26. The van der Waals surface area contributed by atoms with E-state index in [0.717, 1.165) is 19.3 Å². The molecule has 2 atom stereocenters. The number of esters is 2. The molecule has 2 rings (SSSR count). The third-order valence-electron chi connectivity index (χ3n) is 4.39. The van der Waals surface area contributed by atoms with Crippen LogP contribution >= 0.6 is 11.3 Å². The maximum atomic E-state index is 12.2. The van der Waals surface area contributed by atoms with E-state index in [4.69, 9.17) is 9.47 Å². The predicted octanol–water partition coefficient (Wildman–Crippen LogP) is 2.73. The standard InChI is InChI=1S/C19H27NO5S/c1-11(2)7-14(18(22)24-4)20-17(21)10-25-19(23)16-9-13-8-12(3)5-6-15(13)26-16/h9,11-12,14H,5-8,10H2,1-4H3,(H,20,21)/t12-,14-/m1/s1. The number of fused-ring (bicyclic) bond motifs is 1. The highest BCUT2D eigenvalue weighted by Gasteiger charge is 2.24. The molecule has 0 aromatic carbocycles. The highest BCUT2D eigenvalue weighted by atomic mass is 32.1. The minimum atomic E-state index is -0.734. The molecule has 0 saturated carbocycles. The molecular formula is C19H27NO5S. The molecule has 7 heteroatoms. The van der Waals surface area contributed by atoms with E-state index in [0.29, 0.717) is 17.2 Å². The van der Waals surface area contributed by atoms with Crippen LogP contribution in [0.25, 0.3) is 0 Å². The zero-order valence-electron chi connectivity index (χ0n) is 15.8. The summed E-state index contributed by atoms with van der Waals surface area (Å²) in [6.45, 7) is 5.68. The molecule has 1 heterocycles. The molecule has 0 saturated heterocycles. The summed E-state index contributed by atoms with van der Waals surface area (Å²) in [5, 5.41) is 2.57. The van der Waals surface area contributed by atoms with Crippen molar-refractivity contribution in [1.82, 2.24) is 5.32 Å². The van der Waals surface area contributed by atoms with Crippen molar-refractivity contribution in [3.05, 3.63) is 21.4 Å². The molecule has 0 radical (unpaired) electrons. The van der Waals surface area contributed by atoms with Crippen molar-refractivity contribution in [2.75, 3.05) is 13.7 Å². The van der Waals surface area contributed by atoms with Gasteiger partial charge in [-0.05, 0) is 49.1 Å². The van der Waals surface area contributed by atoms with E-state index in [1.165, 1.54) is 28.9 Å². The number of methoxy groups -OCH3 is 1. The number of hydrogen-bond acceptors (Lipinski definition) is 6. The van der Waals surface area contributed by atoms with Gasteiger partial charge in [0.05, 0.1) is 7.11 Å². The van der Waals surface area contributed by atoms with Gasteiger partial charge < -0.3 is 14.8 Å². The summed E-state index contributed by atoms with van der Waals surface area (Å²) in [7, 11) is 1.28. The molecule has 1 aliphatic carbocycles. The molecule has 1 aromatic rings. The number of thiophene rings is 1. The first kappa shape index (κ1) is 20.4. The first-order valence-corrected chi connectivity index (χ1v) is 9.77. The lowest BCUT2D eigenvalue weighted by atomic mass is 9.90. The first-order chi connectivity index (χ1) is 12.3. The molecule has 144 valence electrons. The third-order valence-corrected chi connectivity index (χ3v) is 5.61. The van der Waals surface area contributed by atoms with Crippen molar-refractivity contribution in [2.24, 2.45) is 11.8 Å². The van der Waals surface area contributed by atoms with Gasteiger partial charge in [0.15, 0.2) is 6.61 Å². The maximum absolute atomic E-state index is 12.2. The van der Waals surface area contributed by atoms with E-state index >= 15 is 0 Å². The molecule has 6 nitrogen and oxygen atoms in total. The molecule has 1 N–H and O–H groups in total. The van der Waals surface area contributed by atoms with Gasteiger partial charge in [0.25, 0.3) is 5.91 Å². The monoisotopic (exact) mass is 381 g/mol. The van der Waals surface area contributed by atoms with Crippen molar-refractivity contribution in [3.63, 3.8) is 0 Å². The summed E-state index contributed by atoms with van der Waals surface area (Å²) in [4.78, 5) is 37.8. The number of hydrogen-bond donors (Lipinski definition) is 1. The van der Waals surface area contributed by atoms with Gasteiger partial charge in [-0.2, -0.15) is 0 Å². The second kappa shape index (κ2) is 9.16. The van der Waals surface area contributed by atoms with Gasteiger partial charge in [0.2, 0.25) is 0 Å². The van der Waals surface area contributed by atoms with Crippen LogP contribution in [0.2, 0.25) is 0 Å². The third kappa shape index (κ3) is 5.56. The summed E-state index contributed by atoms with van der Waals surface area (Å²) >= 11 is 1.45. The lowest BCUT2D eigenvalue weighted by Gasteiger charge is -2.18. The van der Waals surface area contributed by atoms with Gasteiger partial charge in [-0.1, -0.05) is 20.8 Å². The zero-order chi connectivity index (χ0) is 19.3. The Labute approximate surface area is 158 Å². The number of nitrogens with one attached hydrogen (secondary N) is 1. The Kier molecular flexibility index (Phi) is 7.20. The molecule has 26 heavy (non-hydrogen) atoms. The van der Waals surface area contributed by atoms with Crippen molar-refractivity contribution in [3.8, 4) is 0 Å². The minimum Gasteiger partial charge on any atom is -0.467 e. The Bertz CT molecular complexity index is 667. The summed E-state index contributed by atoms with van der Waals surface area (Å²) < 4.78 is 9.83. The second-order valence-corrected chi connectivity index (χ2v) is 8.39. The first-order valence-electron chi connectivity index (χ1n) is 8.96. The fourth-order valence-electron chi connectivity index (χ4n) is 3.07. The molecule has 0 aliphatic heterocycles. The lowest BCUT2D eigenvalue weighted by Crippen LogP contribution is -2.44. The molecule has 1 aromatic heterocycles. The highest BCUT2D eigenvalue weighted by Crippen LogP contribution is 2.32. The average Bonchev–Trinajstić information content (AvgIpc) is 3.01. The van der Waals surface area contributed by atoms with E-state index in [1.807, 2.05) is 19.9 Å². The number of carbonyl (C=O) groups excluding carboxylic acids is 3. The molecule has 0 bridgehead atoms. The van der Waals surface area contributed by atoms with Crippen molar-refractivity contribution < 1.29 is 23.9 Å². The summed E-state index contributed by atoms with van der Waals surface area (Å²) in [5.41, 5.74) is 1.22. The van der Waals surface area contributed by atoms with Gasteiger partial charge in [0, 0.05) is 4.88 Å². The topological polar surface area (TPSA) is 81.7 Å². The molecule has 0 spiro atoms. The fraction of sp³-hybridized carbons (Fsp3) is 0.632. The van der Waals surface area contributed by atoms with Gasteiger partial charge >= 0.3 is 11.9 Å². The van der Waals surface area contributed by atoms with Crippen LogP contribution in [0.15, 0.2) is 6.07 Å². The number of carbonyl (C=O) groups is 3. The lowest BCUT2D eigenvalue weighted by molar-refractivity contribution is -0.145. The van der Waals surface area contributed by atoms with Crippen molar-refractivity contribution in [2.45, 2.75) is 52.5 Å². The van der Waals surface area contributed by atoms with Crippen LogP contribution < -0.4 is 5.32 Å². The van der Waals surface area contributed by atoms with E-state index in [2.05, 4.69) is 12.2 Å². The Balaban J connectivity index is 1.88. The normalized spacial score (nSPS) is 17.3. The summed E-state index contributed by atoms with van der Waals surface area (Å²) in [5.74, 6) is -0.668. The SMILES string of the molecule is COC(=O)[C@@H](CC(C)C)NC(=O)COC(=O)c1cc2c(s1)CC[C@@H](C)C2. The van der Waals surface area contributed by atoms with Gasteiger partial charge in [-0.25, -0.2) is 9.59 Å². The summed E-state index contributed by atoms with van der Waals surface area (Å²) in [6, 6.07) is 1.15. The van der Waals surface area contributed by atoms with Crippen LogP contribution in [-0.4, -0.2) is 37.6 Å². The number of aryl methyl sites for hydroxylation is 1. The van der Waals surface area contributed by atoms with Gasteiger partial charge in [-0.3, -0.25) is 4.79 Å². The van der Waals surface area contributed by atoms with Crippen LogP contribution in [0, 0.1) is 11.8 Å². The zero-order valence-corrected chi connectivity index (χ0v) is 16.6. The van der Waals surface area contributed by atoms with Crippen molar-refractivity contribution in [1.29, 1.82) is 0 Å². The Morgan fingerprint density at radius 3 is 2.73 bits per heavy atom. The van der Waals surface area contributed by atoms with E-state index in [-0.39, 0.29) is 5.92 Å². The number of amides is 1. The Morgan fingerprint density at radius 2 is 2.08 bits per heavy atom. The molecule has 0 fully saturated rings. The molecule has 1 amide bonds. The van der Waals surface area contributed by atoms with E-state index in [9.17, 15) is 14.4 Å². The molecule has 1 aliphatic rings. The van der Waals surface area contributed by atoms with Crippen LogP contribution in [0.5, 0.6) is 0 Å². The van der Waals surface area contributed by atoms with Crippen LogP contribution in [0.3, 0.4) is 0 Å². The van der Waals surface area contributed by atoms with Gasteiger partial charge in [0.1, 0.15) is 10.9 Å². The van der Waals surface area contributed by atoms with Crippen molar-refractivity contribution >= 4 is 29.2 Å². The number of ether oxygens (including phenoxy) is 2. The van der Waals surface area contributed by atoms with Crippen LogP contribution in [0.4, 0.5) is 0 Å². The van der Waals surface area contributed by atoms with E-state index < -0.39 is 30.5 Å². The Hall–Kier alpha value is -1.89. The fourth-order valence-corrected chi connectivity index (χ4v) is 4.17. The largest absolute Gasteiger partial charge is 0.467 e. The maximum Gasteiger partial charge on any atom is 0.348 e. The average molecular weight is 381 g/mol. The molecule has 0 unspecified atom stereocenters. The quantitative estimate of drug-likeness (QED) is 0.735. The van der Waals surface area contributed by atoms with Crippen LogP contribution in [0.1, 0.15) is 53.7 Å². The minimum absolute atomic E-state index is 0.210. The summed E-state index contributed by atoms with van der Waals surface area (Å²) in [6.07, 6.45) is 3.57. The Morgan fingerprint density at radius 1 is 1.35 bits per heavy atom.